The predicted octanol–water partition coefficient (Wildman–Crippen LogP) is 4.47. The summed E-state index contributed by atoms with van der Waals surface area (Å²) in [6, 6.07) is 6.26. The number of aryl methyl sites for hydroxylation is 1. The van der Waals surface area contributed by atoms with Gasteiger partial charge in [-0.25, -0.2) is 14.3 Å². The molecule has 0 spiro atoms. The first-order valence-corrected chi connectivity index (χ1v) is 7.21. The molecule has 2 aromatic rings. The molecule has 0 aliphatic rings. The Morgan fingerprint density at radius 3 is 2.55 bits per heavy atom. The van der Waals surface area contributed by atoms with Gasteiger partial charge >= 0.3 is 6.09 Å². The lowest BCUT2D eigenvalue weighted by Crippen LogP contribution is -2.16. The van der Waals surface area contributed by atoms with Crippen LogP contribution in [0.5, 0.6) is 0 Å². The molecule has 0 N–H and O–H groups in total. The molecule has 1 heterocycles. The van der Waals surface area contributed by atoms with E-state index in [2.05, 4.69) is 44.0 Å². The highest BCUT2D eigenvalue weighted by Crippen LogP contribution is 2.27. The largest absolute Gasteiger partial charge is 0.446 e. The van der Waals surface area contributed by atoms with Crippen molar-refractivity contribution in [2.24, 2.45) is 0 Å². The van der Waals surface area contributed by atoms with E-state index >= 15 is 0 Å². The van der Waals surface area contributed by atoms with Crippen molar-refractivity contribution in [2.45, 2.75) is 46.6 Å². The lowest BCUT2D eigenvalue weighted by Gasteiger charge is -2.14. The Balaban J connectivity index is 0.00000242. The molecule has 0 aliphatic heterocycles. The number of ether oxygens (including phenoxy) is 1. The van der Waals surface area contributed by atoms with Gasteiger partial charge in [-0.2, -0.15) is 0 Å². The average molecular weight is 323 g/mol. The molecular weight excluding hydrogens is 300 g/mol. The fourth-order valence-corrected chi connectivity index (χ4v) is 2.33. The molecule has 0 fully saturated rings. The fraction of sp³-hybridized carbons (Fsp3) is 0.412. The Kier molecular flexibility index (Phi) is 6.18. The molecule has 120 valence electrons. The zero-order valence-corrected chi connectivity index (χ0v) is 14.5. The van der Waals surface area contributed by atoms with E-state index in [1.54, 1.807) is 6.20 Å². The predicted molar refractivity (Wildman–Crippen MR) is 89.9 cm³/mol. The lowest BCUT2D eigenvalue weighted by atomic mass is 9.92. The summed E-state index contributed by atoms with van der Waals surface area (Å²) in [4.78, 5) is 16.2. The van der Waals surface area contributed by atoms with E-state index in [0.717, 1.165) is 5.69 Å². The quantitative estimate of drug-likeness (QED) is 0.837. The van der Waals surface area contributed by atoms with Crippen molar-refractivity contribution >= 4 is 18.5 Å². The molecule has 1 aromatic carbocycles. The second kappa shape index (κ2) is 7.45. The third kappa shape index (κ3) is 3.89. The highest BCUT2D eigenvalue weighted by molar-refractivity contribution is 5.85. The van der Waals surface area contributed by atoms with E-state index in [1.165, 1.54) is 27.6 Å². The van der Waals surface area contributed by atoms with Gasteiger partial charge in [0.1, 0.15) is 6.33 Å². The van der Waals surface area contributed by atoms with Crippen LogP contribution < -0.4 is 0 Å². The second-order valence-electron chi connectivity index (χ2n) is 5.65. The molecule has 2 rings (SSSR count). The molecule has 22 heavy (non-hydrogen) atoms. The number of benzene rings is 1. The van der Waals surface area contributed by atoms with E-state index in [0.29, 0.717) is 0 Å². The minimum atomic E-state index is -0.392. The topological polar surface area (TPSA) is 44.1 Å². The zero-order chi connectivity index (χ0) is 15.6. The van der Waals surface area contributed by atoms with Crippen molar-refractivity contribution in [1.29, 1.82) is 0 Å². The SMILES string of the molecule is Cc1cccc([C@H](C)c2cn(C(=O)OC(C)C)cn2)c1C.Cl. The van der Waals surface area contributed by atoms with E-state index < -0.39 is 6.09 Å². The molecule has 0 bridgehead atoms. The monoisotopic (exact) mass is 322 g/mol. The summed E-state index contributed by atoms with van der Waals surface area (Å²) >= 11 is 0. The number of hydrogen-bond donors (Lipinski definition) is 0. The maximum atomic E-state index is 11.8. The molecule has 1 atom stereocenters. The first-order chi connectivity index (χ1) is 9.90. The van der Waals surface area contributed by atoms with Crippen LogP contribution >= 0.6 is 12.4 Å². The van der Waals surface area contributed by atoms with Gasteiger partial charge in [-0.15, -0.1) is 12.4 Å². The number of imidazole rings is 1. The zero-order valence-electron chi connectivity index (χ0n) is 13.7. The first-order valence-electron chi connectivity index (χ1n) is 7.21. The van der Waals surface area contributed by atoms with Crippen molar-refractivity contribution < 1.29 is 9.53 Å². The standard InChI is InChI=1S/C17H22N2O2.ClH/c1-11(2)21-17(20)19-9-16(18-10-19)14(5)15-8-6-7-12(3)13(15)4;/h6-11,14H,1-5H3;1H/t14-;/m0./s1. The van der Waals surface area contributed by atoms with Gasteiger partial charge in [0.15, 0.2) is 0 Å². The summed E-state index contributed by atoms with van der Waals surface area (Å²) in [6.07, 6.45) is 2.73. The first kappa shape index (κ1) is 18.2. The van der Waals surface area contributed by atoms with Gasteiger partial charge in [0.2, 0.25) is 0 Å². The summed E-state index contributed by atoms with van der Waals surface area (Å²) < 4.78 is 6.56. The number of rotatable bonds is 3. The van der Waals surface area contributed by atoms with Crippen LogP contribution in [0.15, 0.2) is 30.7 Å². The van der Waals surface area contributed by atoms with Gasteiger partial charge < -0.3 is 4.74 Å². The third-order valence-electron chi connectivity index (χ3n) is 3.71. The van der Waals surface area contributed by atoms with Crippen molar-refractivity contribution in [3.05, 3.63) is 53.1 Å². The van der Waals surface area contributed by atoms with Crippen molar-refractivity contribution in [3.8, 4) is 0 Å². The summed E-state index contributed by atoms with van der Waals surface area (Å²) in [7, 11) is 0. The number of aromatic nitrogens is 2. The highest BCUT2D eigenvalue weighted by atomic mass is 35.5. The Morgan fingerprint density at radius 1 is 1.23 bits per heavy atom. The molecule has 4 nitrogen and oxygen atoms in total. The molecule has 1 aromatic heterocycles. The highest BCUT2D eigenvalue weighted by Gasteiger charge is 2.17. The van der Waals surface area contributed by atoms with E-state index in [-0.39, 0.29) is 24.4 Å². The normalized spacial score (nSPS) is 11.9. The smallest absolute Gasteiger partial charge is 0.419 e. The minimum Gasteiger partial charge on any atom is -0.446 e. The molecular formula is C17H23ClN2O2. The Hall–Kier alpha value is -1.81. The average Bonchev–Trinajstić information content (AvgIpc) is 2.90. The van der Waals surface area contributed by atoms with Gasteiger partial charge in [-0.3, -0.25) is 0 Å². The number of carbonyl (C=O) groups excluding carboxylic acids is 1. The van der Waals surface area contributed by atoms with Gasteiger partial charge in [-0.1, -0.05) is 25.1 Å². The van der Waals surface area contributed by atoms with Crippen LogP contribution in [0.1, 0.15) is 49.1 Å². The lowest BCUT2D eigenvalue weighted by molar-refractivity contribution is 0.117. The summed E-state index contributed by atoms with van der Waals surface area (Å²) in [5, 5.41) is 0. The molecule has 0 saturated carbocycles. The van der Waals surface area contributed by atoms with E-state index in [9.17, 15) is 4.79 Å². The number of halogens is 1. The maximum Gasteiger partial charge on any atom is 0.419 e. The molecule has 0 aliphatic carbocycles. The molecule has 5 heteroatoms. The number of hydrogen-bond acceptors (Lipinski definition) is 3. The summed E-state index contributed by atoms with van der Waals surface area (Å²) in [5.74, 6) is 0.137. The second-order valence-corrected chi connectivity index (χ2v) is 5.65. The van der Waals surface area contributed by atoms with Gasteiger partial charge in [-0.05, 0) is 44.4 Å². The fourth-order valence-electron chi connectivity index (χ4n) is 2.33. The van der Waals surface area contributed by atoms with E-state index in [1.807, 2.05) is 13.8 Å². The third-order valence-corrected chi connectivity index (χ3v) is 3.71. The summed E-state index contributed by atoms with van der Waals surface area (Å²) in [5.41, 5.74) is 4.63. The number of nitrogens with zero attached hydrogens (tertiary/aromatic N) is 2. The Morgan fingerprint density at radius 2 is 1.91 bits per heavy atom. The van der Waals surface area contributed by atoms with Gasteiger partial charge in [0.25, 0.3) is 0 Å². The van der Waals surface area contributed by atoms with E-state index in [4.69, 9.17) is 4.74 Å². The Labute approximate surface area is 137 Å². The van der Waals surface area contributed by atoms with Crippen LogP contribution in [-0.4, -0.2) is 21.7 Å². The molecule has 0 saturated heterocycles. The van der Waals surface area contributed by atoms with Crippen molar-refractivity contribution in [1.82, 2.24) is 9.55 Å². The van der Waals surface area contributed by atoms with Gasteiger partial charge in [0, 0.05) is 12.1 Å². The van der Waals surface area contributed by atoms with Crippen LogP contribution in [0.25, 0.3) is 0 Å². The van der Waals surface area contributed by atoms with Crippen LogP contribution in [0, 0.1) is 13.8 Å². The summed E-state index contributed by atoms with van der Waals surface area (Å²) in [6.45, 7) is 9.97. The van der Waals surface area contributed by atoms with Crippen LogP contribution in [0.3, 0.4) is 0 Å². The maximum absolute atomic E-state index is 11.8. The molecule has 0 radical (unpaired) electrons. The van der Waals surface area contributed by atoms with Crippen LogP contribution in [0.2, 0.25) is 0 Å². The number of carbonyl (C=O) groups is 1. The van der Waals surface area contributed by atoms with Crippen LogP contribution in [0.4, 0.5) is 4.79 Å². The van der Waals surface area contributed by atoms with Crippen molar-refractivity contribution in [2.75, 3.05) is 0 Å². The van der Waals surface area contributed by atoms with Gasteiger partial charge in [0.05, 0.1) is 11.8 Å². The minimum absolute atomic E-state index is 0. The Bertz CT molecular complexity index is 650. The van der Waals surface area contributed by atoms with Crippen molar-refractivity contribution in [3.63, 3.8) is 0 Å². The van der Waals surface area contributed by atoms with Crippen LogP contribution in [-0.2, 0) is 4.74 Å². The molecule has 0 unspecified atom stereocenters. The molecule has 0 amide bonds.